The van der Waals surface area contributed by atoms with Gasteiger partial charge in [0.05, 0.1) is 12.3 Å². The largest absolute Gasteiger partial charge is 0.378 e. The molecule has 3 heterocycles. The first-order chi connectivity index (χ1) is 11.8. The molecule has 0 radical (unpaired) electrons. The van der Waals surface area contributed by atoms with Gasteiger partial charge in [-0.3, -0.25) is 9.89 Å². The van der Waals surface area contributed by atoms with E-state index in [1.54, 1.807) is 18.4 Å². The second kappa shape index (κ2) is 6.07. The van der Waals surface area contributed by atoms with E-state index in [9.17, 15) is 4.79 Å². The minimum absolute atomic E-state index is 0.140. The third-order valence-corrected chi connectivity index (χ3v) is 4.81. The Morgan fingerprint density at radius 2 is 1.96 bits per heavy atom. The summed E-state index contributed by atoms with van der Waals surface area (Å²) >= 11 is 1.71. The number of fused-ring (bicyclic) bond motifs is 1. The topological polar surface area (TPSA) is 59.4 Å². The Balaban J connectivity index is 1.87. The van der Waals surface area contributed by atoms with Crippen molar-refractivity contribution in [3.05, 3.63) is 70.1 Å². The van der Waals surface area contributed by atoms with E-state index >= 15 is 0 Å². The highest BCUT2D eigenvalue weighted by Gasteiger charge is 2.15. The minimum Gasteiger partial charge on any atom is -0.378 e. The van der Waals surface area contributed by atoms with Crippen LogP contribution in [0.5, 0.6) is 0 Å². The van der Waals surface area contributed by atoms with Crippen molar-refractivity contribution in [1.82, 2.24) is 14.6 Å². The molecule has 0 fully saturated rings. The lowest BCUT2D eigenvalue weighted by Gasteiger charge is -2.04. The maximum Gasteiger partial charge on any atom is 0.272 e. The summed E-state index contributed by atoms with van der Waals surface area (Å²) in [4.78, 5) is 17.6. The van der Waals surface area contributed by atoms with Crippen LogP contribution in [0, 0.1) is 0 Å². The number of benzene rings is 1. The molecule has 0 amide bonds. The van der Waals surface area contributed by atoms with Crippen molar-refractivity contribution in [2.75, 3.05) is 7.11 Å². The fourth-order valence-electron chi connectivity index (χ4n) is 2.81. The average Bonchev–Trinajstić information content (AvgIpc) is 3.24. The van der Waals surface area contributed by atoms with E-state index in [2.05, 4.69) is 45.8 Å². The predicted octanol–water partition coefficient (Wildman–Crippen LogP) is 3.56. The van der Waals surface area contributed by atoms with Crippen LogP contribution in [0.2, 0.25) is 0 Å². The molecule has 0 aliphatic rings. The molecule has 0 saturated heterocycles. The van der Waals surface area contributed by atoms with E-state index in [0.29, 0.717) is 12.3 Å². The van der Waals surface area contributed by atoms with E-state index in [4.69, 9.17) is 4.74 Å². The molecule has 6 heteroatoms. The molecule has 4 aromatic rings. The van der Waals surface area contributed by atoms with Gasteiger partial charge >= 0.3 is 0 Å². The Labute approximate surface area is 142 Å². The molecule has 5 nitrogen and oxygen atoms in total. The molecule has 0 saturated carbocycles. The van der Waals surface area contributed by atoms with E-state index in [-0.39, 0.29) is 5.56 Å². The number of nitrogens with one attached hydrogen (secondary N) is 1. The van der Waals surface area contributed by atoms with E-state index < -0.39 is 0 Å². The molecule has 4 rings (SSSR count). The van der Waals surface area contributed by atoms with Crippen molar-refractivity contribution >= 4 is 17.0 Å². The van der Waals surface area contributed by atoms with E-state index in [1.807, 2.05) is 6.07 Å². The zero-order valence-electron chi connectivity index (χ0n) is 13.0. The lowest BCUT2D eigenvalue weighted by Crippen LogP contribution is -2.12. The lowest BCUT2D eigenvalue weighted by atomic mass is 10.0. The van der Waals surface area contributed by atoms with Gasteiger partial charge in [-0.15, -0.1) is 11.3 Å². The third-order valence-electron chi connectivity index (χ3n) is 3.89. The van der Waals surface area contributed by atoms with Crippen molar-refractivity contribution in [3.63, 3.8) is 0 Å². The molecular formula is C18H15N3O2S. The molecule has 0 aliphatic carbocycles. The summed E-state index contributed by atoms with van der Waals surface area (Å²) in [6.45, 7) is 0.380. The van der Waals surface area contributed by atoms with Gasteiger partial charge in [0.25, 0.3) is 5.56 Å². The zero-order valence-corrected chi connectivity index (χ0v) is 13.8. The summed E-state index contributed by atoms with van der Waals surface area (Å²) in [5, 5.41) is 5.16. The Morgan fingerprint density at radius 1 is 1.17 bits per heavy atom. The Morgan fingerprint density at radius 3 is 2.67 bits per heavy atom. The minimum atomic E-state index is -0.140. The molecule has 24 heavy (non-hydrogen) atoms. The predicted molar refractivity (Wildman–Crippen MR) is 95.3 cm³/mol. The smallest absolute Gasteiger partial charge is 0.272 e. The fourth-order valence-corrected chi connectivity index (χ4v) is 3.55. The van der Waals surface area contributed by atoms with Gasteiger partial charge in [-0.1, -0.05) is 30.3 Å². The van der Waals surface area contributed by atoms with Crippen molar-refractivity contribution in [2.24, 2.45) is 0 Å². The quantitative estimate of drug-likeness (QED) is 0.619. The first kappa shape index (κ1) is 14.9. The maximum atomic E-state index is 12.0. The SMILES string of the molecule is COCc1[nH]n2c(=O)ccnc2c1-c1ccc(-c2cccs2)cc1. The molecule has 3 aromatic heterocycles. The third kappa shape index (κ3) is 2.46. The lowest BCUT2D eigenvalue weighted by molar-refractivity contribution is 0.181. The fraction of sp³-hybridized carbons (Fsp3) is 0.111. The summed E-state index contributed by atoms with van der Waals surface area (Å²) in [5.41, 5.74) is 4.37. The summed E-state index contributed by atoms with van der Waals surface area (Å²) in [7, 11) is 1.63. The van der Waals surface area contributed by atoms with Crippen molar-refractivity contribution in [1.29, 1.82) is 0 Å². The maximum absolute atomic E-state index is 12.0. The van der Waals surface area contributed by atoms with Crippen LogP contribution in [0.3, 0.4) is 0 Å². The van der Waals surface area contributed by atoms with Gasteiger partial charge in [-0.2, -0.15) is 0 Å². The van der Waals surface area contributed by atoms with Crippen LogP contribution in [0.1, 0.15) is 5.69 Å². The van der Waals surface area contributed by atoms with Gasteiger partial charge in [0, 0.05) is 29.8 Å². The number of methoxy groups -OCH3 is 1. The number of aromatic nitrogens is 3. The number of hydrogen-bond acceptors (Lipinski definition) is 4. The summed E-state index contributed by atoms with van der Waals surface area (Å²) in [6.07, 6.45) is 1.53. The van der Waals surface area contributed by atoms with Crippen LogP contribution >= 0.6 is 11.3 Å². The Kier molecular flexibility index (Phi) is 3.76. The summed E-state index contributed by atoms with van der Waals surface area (Å²) < 4.78 is 6.72. The number of hydrogen-bond donors (Lipinski definition) is 1. The highest BCUT2D eigenvalue weighted by Crippen LogP contribution is 2.31. The molecule has 0 bridgehead atoms. The molecule has 1 N–H and O–H groups in total. The second-order valence-electron chi connectivity index (χ2n) is 5.40. The van der Waals surface area contributed by atoms with Crippen molar-refractivity contribution in [2.45, 2.75) is 6.61 Å². The first-order valence-electron chi connectivity index (χ1n) is 7.50. The molecular weight excluding hydrogens is 322 g/mol. The molecule has 0 aliphatic heterocycles. The Hall–Kier alpha value is -2.70. The summed E-state index contributed by atoms with van der Waals surface area (Å²) in [5.74, 6) is 0. The van der Waals surface area contributed by atoms with Crippen LogP contribution in [0.4, 0.5) is 0 Å². The summed E-state index contributed by atoms with van der Waals surface area (Å²) in [6, 6.07) is 13.9. The normalized spacial score (nSPS) is 11.2. The monoisotopic (exact) mass is 337 g/mol. The molecule has 0 spiro atoms. The molecule has 1 aromatic carbocycles. The number of aromatic amines is 1. The highest BCUT2D eigenvalue weighted by atomic mass is 32.1. The van der Waals surface area contributed by atoms with E-state index in [1.165, 1.54) is 27.2 Å². The number of thiophene rings is 1. The second-order valence-corrected chi connectivity index (χ2v) is 6.34. The number of rotatable bonds is 4. The van der Waals surface area contributed by atoms with E-state index in [0.717, 1.165) is 16.8 Å². The molecule has 0 unspecified atom stereocenters. The molecule has 120 valence electrons. The van der Waals surface area contributed by atoms with Crippen molar-refractivity contribution in [3.8, 4) is 21.6 Å². The first-order valence-corrected chi connectivity index (χ1v) is 8.38. The van der Waals surface area contributed by atoms with Gasteiger partial charge in [-0.25, -0.2) is 9.50 Å². The Bertz CT molecular complexity index is 1030. The van der Waals surface area contributed by atoms with Crippen LogP contribution in [0.15, 0.2) is 58.8 Å². The van der Waals surface area contributed by atoms with Gasteiger partial charge in [-0.05, 0) is 22.6 Å². The average molecular weight is 337 g/mol. The van der Waals surface area contributed by atoms with Crippen LogP contribution in [-0.4, -0.2) is 21.7 Å². The zero-order chi connectivity index (χ0) is 16.5. The van der Waals surface area contributed by atoms with Gasteiger partial charge < -0.3 is 4.74 Å². The number of nitrogens with zero attached hydrogens (tertiary/aromatic N) is 2. The number of ether oxygens (including phenoxy) is 1. The van der Waals surface area contributed by atoms with Crippen LogP contribution in [-0.2, 0) is 11.3 Å². The van der Waals surface area contributed by atoms with Gasteiger partial charge in [0.1, 0.15) is 0 Å². The molecule has 0 atom stereocenters. The van der Waals surface area contributed by atoms with Gasteiger partial charge in [0.15, 0.2) is 5.65 Å². The van der Waals surface area contributed by atoms with Crippen LogP contribution in [0.25, 0.3) is 27.2 Å². The number of H-pyrrole nitrogens is 1. The van der Waals surface area contributed by atoms with Gasteiger partial charge in [0.2, 0.25) is 0 Å². The van der Waals surface area contributed by atoms with Crippen molar-refractivity contribution < 1.29 is 4.74 Å². The highest BCUT2D eigenvalue weighted by molar-refractivity contribution is 7.13. The van der Waals surface area contributed by atoms with Crippen LogP contribution < -0.4 is 5.56 Å². The standard InChI is InChI=1S/C18H15N3O2S/c1-23-11-14-17(18-19-9-8-16(22)21(18)20-14)13-6-4-12(5-7-13)15-3-2-10-24-15/h2-10,20H,11H2,1H3.